The number of benzene rings is 2. The van der Waals surface area contributed by atoms with E-state index in [1.54, 1.807) is 24.4 Å². The van der Waals surface area contributed by atoms with Crippen molar-refractivity contribution in [2.24, 2.45) is 5.14 Å². The Bertz CT molecular complexity index is 1050. The molecule has 0 radical (unpaired) electrons. The number of nitrogens with one attached hydrogen (secondary N) is 3. The van der Waals surface area contributed by atoms with Gasteiger partial charge in [-0.15, -0.1) is 0 Å². The van der Waals surface area contributed by atoms with Crippen molar-refractivity contribution in [1.82, 2.24) is 4.98 Å². The molecule has 3 aromatic rings. The van der Waals surface area contributed by atoms with Gasteiger partial charge in [0, 0.05) is 23.3 Å². The zero-order valence-corrected chi connectivity index (χ0v) is 15.6. The second kappa shape index (κ2) is 8.51. The molecule has 0 saturated heterocycles. The third-order valence-electron chi connectivity index (χ3n) is 3.76. The van der Waals surface area contributed by atoms with Crippen LogP contribution in [0.15, 0.2) is 77.8 Å². The number of carbonyl (C=O) groups is 1. The summed E-state index contributed by atoms with van der Waals surface area (Å²) in [5.74, 6) is 0. The van der Waals surface area contributed by atoms with E-state index in [0.29, 0.717) is 17.9 Å². The van der Waals surface area contributed by atoms with Gasteiger partial charge in [0.1, 0.15) is 0 Å². The first-order valence-electron chi connectivity index (χ1n) is 8.35. The lowest BCUT2D eigenvalue weighted by molar-refractivity contribution is 0.262. The molecule has 0 atom stereocenters. The van der Waals surface area contributed by atoms with Crippen LogP contribution >= 0.6 is 0 Å². The van der Waals surface area contributed by atoms with Gasteiger partial charge in [0.15, 0.2) is 0 Å². The minimum Gasteiger partial charge on any atom is -0.379 e. The Morgan fingerprint density at radius 2 is 1.61 bits per heavy atom. The Labute approximate surface area is 162 Å². The number of pyridine rings is 1. The van der Waals surface area contributed by atoms with Crippen molar-refractivity contribution < 1.29 is 13.2 Å². The molecule has 1 heterocycles. The van der Waals surface area contributed by atoms with Gasteiger partial charge in [-0.1, -0.05) is 12.1 Å². The summed E-state index contributed by atoms with van der Waals surface area (Å²) >= 11 is 0. The number of anilines is 3. The second-order valence-electron chi connectivity index (χ2n) is 5.90. The molecule has 28 heavy (non-hydrogen) atoms. The fourth-order valence-corrected chi connectivity index (χ4v) is 2.97. The van der Waals surface area contributed by atoms with Crippen molar-refractivity contribution in [1.29, 1.82) is 0 Å². The van der Waals surface area contributed by atoms with E-state index in [9.17, 15) is 13.2 Å². The van der Waals surface area contributed by atoms with Gasteiger partial charge in [0.2, 0.25) is 10.0 Å². The van der Waals surface area contributed by atoms with E-state index in [0.717, 1.165) is 11.4 Å². The smallest absolute Gasteiger partial charge is 0.323 e. The fourth-order valence-electron chi connectivity index (χ4n) is 2.41. The molecule has 2 aromatic carbocycles. The second-order valence-corrected chi connectivity index (χ2v) is 7.47. The molecule has 3 rings (SSSR count). The van der Waals surface area contributed by atoms with Crippen molar-refractivity contribution >= 4 is 33.1 Å². The van der Waals surface area contributed by atoms with E-state index in [-0.39, 0.29) is 4.90 Å². The Hall–Kier alpha value is -3.43. The molecule has 9 heteroatoms. The maximum absolute atomic E-state index is 12.1. The summed E-state index contributed by atoms with van der Waals surface area (Å²) in [6.45, 7) is 0.592. The monoisotopic (exact) mass is 397 g/mol. The van der Waals surface area contributed by atoms with Crippen LogP contribution in [0, 0.1) is 0 Å². The highest BCUT2D eigenvalue weighted by atomic mass is 32.2. The van der Waals surface area contributed by atoms with Crippen LogP contribution < -0.4 is 21.1 Å². The molecule has 0 aliphatic rings. The number of hydrogen-bond donors (Lipinski definition) is 4. The Kier molecular flexibility index (Phi) is 5.87. The van der Waals surface area contributed by atoms with Crippen molar-refractivity contribution in [3.63, 3.8) is 0 Å². The summed E-state index contributed by atoms with van der Waals surface area (Å²) in [4.78, 5) is 16.3. The van der Waals surface area contributed by atoms with E-state index in [2.05, 4.69) is 20.9 Å². The Balaban J connectivity index is 1.56. The summed E-state index contributed by atoms with van der Waals surface area (Å²) in [5, 5.41) is 13.6. The molecule has 0 aliphatic heterocycles. The lowest BCUT2D eigenvalue weighted by atomic mass is 10.2. The minimum absolute atomic E-state index is 0.0753. The molecule has 5 N–H and O–H groups in total. The van der Waals surface area contributed by atoms with Crippen molar-refractivity contribution in [3.8, 4) is 0 Å². The third kappa shape index (κ3) is 5.53. The van der Waals surface area contributed by atoms with Gasteiger partial charge in [-0.3, -0.25) is 4.98 Å². The van der Waals surface area contributed by atoms with E-state index in [4.69, 9.17) is 5.14 Å². The number of amides is 2. The average molecular weight is 397 g/mol. The van der Waals surface area contributed by atoms with Crippen LogP contribution in [-0.4, -0.2) is 19.4 Å². The van der Waals surface area contributed by atoms with E-state index in [1.165, 1.54) is 18.2 Å². The molecule has 1 aromatic heterocycles. The summed E-state index contributed by atoms with van der Waals surface area (Å²) in [6, 6.07) is 18.1. The zero-order valence-electron chi connectivity index (χ0n) is 14.8. The van der Waals surface area contributed by atoms with Crippen LogP contribution in [0.4, 0.5) is 21.9 Å². The Morgan fingerprint density at radius 1 is 0.893 bits per heavy atom. The topological polar surface area (TPSA) is 126 Å². The number of primary sulfonamides is 1. The number of rotatable bonds is 6. The van der Waals surface area contributed by atoms with Crippen LogP contribution in [0.25, 0.3) is 0 Å². The lowest BCUT2D eigenvalue weighted by Crippen LogP contribution is -2.20. The maximum Gasteiger partial charge on any atom is 0.323 e. The van der Waals surface area contributed by atoms with Crippen molar-refractivity contribution in [2.45, 2.75) is 11.4 Å². The predicted molar refractivity (Wildman–Crippen MR) is 108 cm³/mol. The molecule has 144 valence electrons. The van der Waals surface area contributed by atoms with Crippen LogP contribution in [-0.2, 0) is 16.6 Å². The highest BCUT2D eigenvalue weighted by Gasteiger charge is 2.09. The predicted octanol–water partition coefficient (Wildman–Crippen LogP) is 2.99. The molecular formula is C19H19N5O3S. The van der Waals surface area contributed by atoms with E-state index >= 15 is 0 Å². The maximum atomic E-state index is 12.1. The number of nitrogens with zero attached hydrogens (tertiary/aromatic N) is 1. The standard InChI is InChI=1S/C19H19N5O3S/c20-28(26,27)18-6-3-5-16(12-18)24-19(25)23-15-9-7-14(8-10-15)22-13-17-4-1-2-11-21-17/h1-12,22H,13H2,(H2,20,26,27)(H2,23,24,25). The molecule has 0 saturated carbocycles. The number of hydrogen-bond acceptors (Lipinski definition) is 5. The largest absolute Gasteiger partial charge is 0.379 e. The van der Waals surface area contributed by atoms with Gasteiger partial charge in [-0.2, -0.15) is 0 Å². The van der Waals surface area contributed by atoms with Crippen LogP contribution in [0.3, 0.4) is 0 Å². The molecule has 0 fully saturated rings. The highest BCUT2D eigenvalue weighted by molar-refractivity contribution is 7.89. The van der Waals surface area contributed by atoms with Gasteiger partial charge >= 0.3 is 6.03 Å². The first-order valence-corrected chi connectivity index (χ1v) is 9.89. The zero-order chi connectivity index (χ0) is 20.0. The van der Waals surface area contributed by atoms with Gasteiger partial charge in [0.25, 0.3) is 0 Å². The molecule has 0 unspecified atom stereocenters. The minimum atomic E-state index is -3.83. The molecule has 8 nitrogen and oxygen atoms in total. The quantitative estimate of drug-likeness (QED) is 0.509. The molecule has 0 aliphatic carbocycles. The summed E-state index contributed by atoms with van der Waals surface area (Å²) in [5.41, 5.74) is 2.71. The molecule has 0 spiro atoms. The lowest BCUT2D eigenvalue weighted by Gasteiger charge is -2.10. The summed E-state index contributed by atoms with van der Waals surface area (Å²) in [7, 11) is -3.83. The number of carbonyl (C=O) groups excluding carboxylic acids is 1. The summed E-state index contributed by atoms with van der Waals surface area (Å²) in [6.07, 6.45) is 1.74. The number of urea groups is 1. The SMILES string of the molecule is NS(=O)(=O)c1cccc(NC(=O)Nc2ccc(NCc3ccccn3)cc2)c1. The Morgan fingerprint density at radius 3 is 2.29 bits per heavy atom. The first kappa shape index (κ1) is 19.3. The first-order chi connectivity index (χ1) is 13.4. The normalized spacial score (nSPS) is 10.9. The number of sulfonamides is 1. The summed E-state index contributed by atoms with van der Waals surface area (Å²) < 4.78 is 22.8. The van der Waals surface area contributed by atoms with E-state index < -0.39 is 16.1 Å². The average Bonchev–Trinajstić information content (AvgIpc) is 2.68. The van der Waals surface area contributed by atoms with Gasteiger partial charge in [-0.05, 0) is 54.6 Å². The van der Waals surface area contributed by atoms with Gasteiger partial charge in [-0.25, -0.2) is 18.4 Å². The molecule has 2 amide bonds. The molecule has 0 bridgehead atoms. The van der Waals surface area contributed by atoms with Crippen LogP contribution in [0.2, 0.25) is 0 Å². The fraction of sp³-hybridized carbons (Fsp3) is 0.0526. The number of aromatic nitrogens is 1. The molecular weight excluding hydrogens is 378 g/mol. The number of nitrogens with two attached hydrogens (primary N) is 1. The van der Waals surface area contributed by atoms with Crippen LogP contribution in [0.1, 0.15) is 5.69 Å². The van der Waals surface area contributed by atoms with E-state index in [1.807, 2.05) is 30.3 Å². The van der Waals surface area contributed by atoms with Crippen molar-refractivity contribution in [2.75, 3.05) is 16.0 Å². The van der Waals surface area contributed by atoms with Gasteiger partial charge in [0.05, 0.1) is 17.1 Å². The highest BCUT2D eigenvalue weighted by Crippen LogP contribution is 2.17. The third-order valence-corrected chi connectivity index (χ3v) is 4.67. The van der Waals surface area contributed by atoms with Gasteiger partial charge < -0.3 is 16.0 Å². The van der Waals surface area contributed by atoms with Crippen molar-refractivity contribution in [3.05, 3.63) is 78.6 Å². The van der Waals surface area contributed by atoms with Crippen LogP contribution in [0.5, 0.6) is 0 Å².